The topological polar surface area (TPSA) is 0 Å². The van der Waals surface area contributed by atoms with E-state index >= 15 is 0 Å². The van der Waals surface area contributed by atoms with E-state index in [1.54, 1.807) is 0 Å². The second-order valence-electron chi connectivity index (χ2n) is 3.72. The predicted molar refractivity (Wildman–Crippen MR) is 52.8 cm³/mol. The van der Waals surface area contributed by atoms with Crippen LogP contribution in [0.25, 0.3) is 5.57 Å². The first kappa shape index (κ1) is 10.3. The zero-order chi connectivity index (χ0) is 10.8. The van der Waals surface area contributed by atoms with Crippen LogP contribution in [0.3, 0.4) is 0 Å². The average Bonchev–Trinajstić information content (AvgIpc) is 2.17. The Morgan fingerprint density at radius 1 is 0.933 bits per heavy atom. The molecule has 0 saturated heterocycles. The van der Waals surface area contributed by atoms with Gasteiger partial charge < -0.3 is 0 Å². The molecular formula is C12H11F3. The molecule has 1 aliphatic carbocycles. The van der Waals surface area contributed by atoms with Crippen molar-refractivity contribution >= 4 is 5.57 Å². The van der Waals surface area contributed by atoms with Gasteiger partial charge in [-0.25, -0.2) is 13.2 Å². The summed E-state index contributed by atoms with van der Waals surface area (Å²) in [6.07, 6.45) is 5.32. The van der Waals surface area contributed by atoms with E-state index in [2.05, 4.69) is 0 Å². The minimum absolute atomic E-state index is 0.0592. The smallest absolute Gasteiger partial charge is 0.136 e. The molecule has 3 heteroatoms. The molecule has 1 aliphatic rings. The van der Waals surface area contributed by atoms with E-state index < -0.39 is 17.5 Å². The molecule has 0 atom stereocenters. The Hall–Kier alpha value is -1.25. The molecule has 15 heavy (non-hydrogen) atoms. The lowest BCUT2D eigenvalue weighted by molar-refractivity contribution is 0.536. The van der Waals surface area contributed by atoms with Crippen LogP contribution in [0.2, 0.25) is 0 Å². The lowest BCUT2D eigenvalue weighted by Gasteiger charge is -2.14. The van der Waals surface area contributed by atoms with Crippen molar-refractivity contribution in [3.8, 4) is 0 Å². The molecule has 0 N–H and O–H groups in total. The van der Waals surface area contributed by atoms with E-state index in [4.69, 9.17) is 0 Å². The minimum atomic E-state index is -0.870. The first-order valence-electron chi connectivity index (χ1n) is 5.02. The molecule has 0 fully saturated rings. The average molecular weight is 212 g/mol. The Balaban J connectivity index is 2.47. The maximum Gasteiger partial charge on any atom is 0.136 e. The number of halogens is 3. The van der Waals surface area contributed by atoms with Crippen LogP contribution < -0.4 is 0 Å². The van der Waals surface area contributed by atoms with E-state index in [0.29, 0.717) is 12.0 Å². The molecule has 0 radical (unpaired) electrons. The summed E-state index contributed by atoms with van der Waals surface area (Å²) >= 11 is 0. The van der Waals surface area contributed by atoms with E-state index in [9.17, 15) is 13.2 Å². The summed E-state index contributed by atoms with van der Waals surface area (Å²) in [4.78, 5) is 0. The normalized spacial score (nSPS) is 16.3. The SMILES string of the molecule is Fc1cc(F)c(C2=CCCCC2)c(F)c1. The van der Waals surface area contributed by atoms with Gasteiger partial charge in [-0.1, -0.05) is 6.08 Å². The summed E-state index contributed by atoms with van der Waals surface area (Å²) < 4.78 is 39.4. The van der Waals surface area contributed by atoms with Gasteiger partial charge in [-0.05, 0) is 31.3 Å². The van der Waals surface area contributed by atoms with Gasteiger partial charge in [-0.2, -0.15) is 0 Å². The van der Waals surface area contributed by atoms with Gasteiger partial charge in [0.05, 0.1) is 0 Å². The first-order chi connectivity index (χ1) is 7.18. The highest BCUT2D eigenvalue weighted by Gasteiger charge is 2.16. The minimum Gasteiger partial charge on any atom is -0.207 e. The summed E-state index contributed by atoms with van der Waals surface area (Å²) in [7, 11) is 0. The molecule has 80 valence electrons. The second-order valence-corrected chi connectivity index (χ2v) is 3.72. The second kappa shape index (κ2) is 4.09. The molecule has 0 unspecified atom stereocenters. The van der Waals surface area contributed by atoms with Gasteiger partial charge in [-0.15, -0.1) is 0 Å². The Labute approximate surface area is 86.4 Å². The van der Waals surface area contributed by atoms with Crippen LogP contribution in [0.4, 0.5) is 13.2 Å². The highest BCUT2D eigenvalue weighted by Crippen LogP contribution is 2.30. The molecule has 0 bridgehead atoms. The van der Waals surface area contributed by atoms with Crippen LogP contribution in [0.1, 0.15) is 31.2 Å². The van der Waals surface area contributed by atoms with Crippen LogP contribution in [0.5, 0.6) is 0 Å². The van der Waals surface area contributed by atoms with Crippen LogP contribution in [-0.4, -0.2) is 0 Å². The quantitative estimate of drug-likeness (QED) is 0.658. The third kappa shape index (κ3) is 2.06. The summed E-state index contributed by atoms with van der Waals surface area (Å²) in [5.74, 6) is -2.48. The van der Waals surface area contributed by atoms with Crippen molar-refractivity contribution < 1.29 is 13.2 Å². The van der Waals surface area contributed by atoms with Crippen LogP contribution in [-0.2, 0) is 0 Å². The van der Waals surface area contributed by atoms with E-state index in [1.165, 1.54) is 0 Å². The van der Waals surface area contributed by atoms with Crippen LogP contribution in [0.15, 0.2) is 18.2 Å². The lowest BCUT2D eigenvalue weighted by atomic mass is 9.93. The number of benzene rings is 1. The lowest BCUT2D eigenvalue weighted by Crippen LogP contribution is -1.99. The molecule has 0 spiro atoms. The van der Waals surface area contributed by atoms with Gasteiger partial charge in [-0.3, -0.25) is 0 Å². The van der Waals surface area contributed by atoms with E-state index in [0.717, 1.165) is 31.4 Å². The van der Waals surface area contributed by atoms with Gasteiger partial charge in [0, 0.05) is 17.7 Å². The Bertz CT molecular complexity index is 384. The van der Waals surface area contributed by atoms with Crippen molar-refractivity contribution in [3.63, 3.8) is 0 Å². The Morgan fingerprint density at radius 2 is 1.60 bits per heavy atom. The zero-order valence-corrected chi connectivity index (χ0v) is 8.19. The number of hydrogen-bond donors (Lipinski definition) is 0. The van der Waals surface area contributed by atoms with Crippen molar-refractivity contribution in [1.82, 2.24) is 0 Å². The molecule has 0 nitrogen and oxygen atoms in total. The van der Waals surface area contributed by atoms with E-state index in [-0.39, 0.29) is 5.56 Å². The fraction of sp³-hybridized carbons (Fsp3) is 0.333. The van der Waals surface area contributed by atoms with Crippen molar-refractivity contribution in [2.45, 2.75) is 25.7 Å². The fourth-order valence-corrected chi connectivity index (χ4v) is 1.91. The Kier molecular flexibility index (Phi) is 2.80. The maximum atomic E-state index is 13.4. The van der Waals surface area contributed by atoms with Gasteiger partial charge >= 0.3 is 0 Å². The highest BCUT2D eigenvalue weighted by atomic mass is 19.1. The number of rotatable bonds is 1. The van der Waals surface area contributed by atoms with Gasteiger partial charge in [0.2, 0.25) is 0 Å². The maximum absolute atomic E-state index is 13.4. The van der Waals surface area contributed by atoms with Gasteiger partial charge in [0.1, 0.15) is 17.5 Å². The van der Waals surface area contributed by atoms with E-state index in [1.807, 2.05) is 6.08 Å². The third-order valence-electron chi connectivity index (χ3n) is 2.62. The summed E-state index contributed by atoms with van der Waals surface area (Å²) in [6.45, 7) is 0. The number of allylic oxidation sites excluding steroid dienone is 2. The molecule has 0 saturated carbocycles. The highest BCUT2D eigenvalue weighted by molar-refractivity contribution is 5.67. The van der Waals surface area contributed by atoms with Crippen molar-refractivity contribution in [3.05, 3.63) is 41.2 Å². The van der Waals surface area contributed by atoms with Gasteiger partial charge in [0.25, 0.3) is 0 Å². The van der Waals surface area contributed by atoms with Crippen molar-refractivity contribution in [2.75, 3.05) is 0 Å². The van der Waals surface area contributed by atoms with Crippen LogP contribution >= 0.6 is 0 Å². The standard InChI is InChI=1S/C12H11F3/c13-9-6-10(14)12(11(15)7-9)8-4-2-1-3-5-8/h4,6-7H,1-3,5H2. The predicted octanol–water partition coefficient (Wildman–Crippen LogP) is 4.06. The fourth-order valence-electron chi connectivity index (χ4n) is 1.91. The Morgan fingerprint density at radius 3 is 2.13 bits per heavy atom. The third-order valence-corrected chi connectivity index (χ3v) is 2.62. The summed E-state index contributed by atoms with van der Waals surface area (Å²) in [6, 6.07) is 1.46. The van der Waals surface area contributed by atoms with Crippen LogP contribution in [0, 0.1) is 17.5 Å². The molecule has 2 rings (SSSR count). The summed E-state index contributed by atoms with van der Waals surface area (Å²) in [5.41, 5.74) is 0.604. The zero-order valence-electron chi connectivity index (χ0n) is 8.19. The molecule has 0 heterocycles. The van der Waals surface area contributed by atoms with Crippen molar-refractivity contribution in [2.24, 2.45) is 0 Å². The first-order valence-corrected chi connectivity index (χ1v) is 5.02. The molecule has 0 aliphatic heterocycles. The molecule has 0 amide bonds. The molecular weight excluding hydrogens is 201 g/mol. The largest absolute Gasteiger partial charge is 0.207 e. The molecule has 1 aromatic rings. The van der Waals surface area contributed by atoms with Crippen molar-refractivity contribution in [1.29, 1.82) is 0 Å². The van der Waals surface area contributed by atoms with Gasteiger partial charge in [0.15, 0.2) is 0 Å². The number of hydrogen-bond acceptors (Lipinski definition) is 0. The summed E-state index contributed by atoms with van der Waals surface area (Å²) in [5, 5.41) is 0. The molecule has 0 aromatic heterocycles. The monoisotopic (exact) mass is 212 g/mol. The molecule has 1 aromatic carbocycles.